The van der Waals surface area contributed by atoms with E-state index in [9.17, 15) is 14.4 Å². The van der Waals surface area contributed by atoms with E-state index in [4.69, 9.17) is 4.74 Å². The second kappa shape index (κ2) is 4.69. The molecule has 1 aliphatic carbocycles. The smallest absolute Gasteiger partial charge is 0.310 e. The van der Waals surface area contributed by atoms with Gasteiger partial charge in [0, 0.05) is 0 Å². The van der Waals surface area contributed by atoms with Gasteiger partial charge in [-0.1, -0.05) is 30.3 Å². The van der Waals surface area contributed by atoms with Crippen molar-refractivity contribution in [2.24, 2.45) is 17.3 Å². The first-order chi connectivity index (χ1) is 10.0. The molecule has 2 unspecified atom stereocenters. The number of likely N-dealkylation sites (tertiary alicyclic amines) is 1. The highest BCUT2D eigenvalue weighted by Crippen LogP contribution is 2.64. The number of esters is 1. The molecule has 1 saturated carbocycles. The van der Waals surface area contributed by atoms with Crippen LogP contribution in [0.1, 0.15) is 19.4 Å². The molecule has 0 aromatic heterocycles. The second-order valence-corrected chi connectivity index (χ2v) is 5.71. The van der Waals surface area contributed by atoms with Gasteiger partial charge in [0.25, 0.3) is 0 Å². The van der Waals surface area contributed by atoms with E-state index in [1.54, 1.807) is 13.8 Å². The molecule has 0 bridgehead atoms. The molecule has 1 aromatic rings. The Morgan fingerprint density at radius 3 is 2.48 bits per heavy atom. The van der Waals surface area contributed by atoms with E-state index in [2.05, 4.69) is 0 Å². The molecule has 5 nitrogen and oxygen atoms in total. The Balaban J connectivity index is 1.77. The van der Waals surface area contributed by atoms with Crippen LogP contribution in [-0.4, -0.2) is 29.3 Å². The summed E-state index contributed by atoms with van der Waals surface area (Å²) in [6, 6.07) is 9.35. The van der Waals surface area contributed by atoms with Crippen LogP contribution in [0.15, 0.2) is 30.3 Å². The first kappa shape index (κ1) is 13.8. The maximum atomic E-state index is 12.5. The van der Waals surface area contributed by atoms with Crippen LogP contribution >= 0.6 is 0 Å². The third-order valence-electron chi connectivity index (χ3n) is 4.48. The molecule has 2 amide bonds. The molecule has 0 radical (unpaired) electrons. The van der Waals surface area contributed by atoms with Gasteiger partial charge in [0.1, 0.15) is 0 Å². The minimum absolute atomic E-state index is 0.258. The number of nitrogens with zero attached hydrogens (tertiary/aromatic N) is 1. The molecule has 0 N–H and O–H groups in total. The standard InChI is InChI=1S/C16H17NO4/c1-3-21-14(19)12-11-13(18)17(15(20)16(11,12)2)9-10-7-5-4-6-8-10/h4-8,11-12H,3,9H2,1-2H3/t11?,12?,16-/m0/s1. The third-order valence-corrected chi connectivity index (χ3v) is 4.48. The van der Waals surface area contributed by atoms with Crippen LogP contribution < -0.4 is 0 Å². The lowest BCUT2D eigenvalue weighted by atomic mass is 10.1. The summed E-state index contributed by atoms with van der Waals surface area (Å²) in [6.07, 6.45) is 0. The zero-order chi connectivity index (χ0) is 15.2. The van der Waals surface area contributed by atoms with Crippen molar-refractivity contribution >= 4 is 17.8 Å². The molecule has 1 heterocycles. The third kappa shape index (κ3) is 1.87. The number of amides is 2. The molecule has 0 spiro atoms. The molecule has 1 aliphatic heterocycles. The van der Waals surface area contributed by atoms with Crippen LogP contribution in [-0.2, 0) is 25.7 Å². The minimum Gasteiger partial charge on any atom is -0.466 e. The number of ether oxygens (including phenoxy) is 1. The largest absolute Gasteiger partial charge is 0.466 e. The van der Waals surface area contributed by atoms with Crippen LogP contribution in [0.25, 0.3) is 0 Å². The fraction of sp³-hybridized carbons (Fsp3) is 0.438. The van der Waals surface area contributed by atoms with Crippen LogP contribution in [0.3, 0.4) is 0 Å². The van der Waals surface area contributed by atoms with Gasteiger partial charge in [0.05, 0.1) is 30.4 Å². The predicted molar refractivity (Wildman–Crippen MR) is 73.7 cm³/mol. The number of benzene rings is 1. The monoisotopic (exact) mass is 287 g/mol. The Hall–Kier alpha value is -2.17. The quantitative estimate of drug-likeness (QED) is 0.620. The fourth-order valence-corrected chi connectivity index (χ4v) is 3.27. The second-order valence-electron chi connectivity index (χ2n) is 5.71. The molecule has 1 aromatic carbocycles. The van der Waals surface area contributed by atoms with Crippen molar-refractivity contribution in [3.8, 4) is 0 Å². The number of carbonyl (C=O) groups excluding carboxylic acids is 3. The zero-order valence-corrected chi connectivity index (χ0v) is 12.0. The van der Waals surface area contributed by atoms with Crippen LogP contribution in [0.2, 0.25) is 0 Å². The minimum atomic E-state index is -0.905. The summed E-state index contributed by atoms with van der Waals surface area (Å²) in [4.78, 5) is 38.0. The van der Waals surface area contributed by atoms with Gasteiger partial charge >= 0.3 is 5.97 Å². The summed E-state index contributed by atoms with van der Waals surface area (Å²) < 4.78 is 4.96. The first-order valence-electron chi connectivity index (χ1n) is 7.08. The molecule has 21 heavy (non-hydrogen) atoms. The predicted octanol–water partition coefficient (Wildman–Crippen LogP) is 1.37. The average Bonchev–Trinajstić information content (AvgIpc) is 3.07. The van der Waals surface area contributed by atoms with E-state index < -0.39 is 23.2 Å². The molecule has 3 rings (SSSR count). The number of hydrogen-bond donors (Lipinski definition) is 0. The average molecular weight is 287 g/mol. The van der Waals surface area contributed by atoms with Crippen molar-refractivity contribution in [1.29, 1.82) is 0 Å². The molecule has 2 fully saturated rings. The Labute approximate surface area is 122 Å². The molecule has 5 heteroatoms. The van der Waals surface area contributed by atoms with Gasteiger partial charge < -0.3 is 4.74 Å². The highest BCUT2D eigenvalue weighted by Gasteiger charge is 2.79. The first-order valence-corrected chi connectivity index (χ1v) is 7.08. The number of fused-ring (bicyclic) bond motifs is 1. The molecule has 110 valence electrons. The van der Waals surface area contributed by atoms with Crippen molar-refractivity contribution in [3.63, 3.8) is 0 Å². The van der Waals surface area contributed by atoms with Crippen molar-refractivity contribution < 1.29 is 19.1 Å². The molecular weight excluding hydrogens is 270 g/mol. The summed E-state index contributed by atoms with van der Waals surface area (Å²) in [7, 11) is 0. The van der Waals surface area contributed by atoms with Gasteiger partial charge in [-0.3, -0.25) is 19.3 Å². The van der Waals surface area contributed by atoms with Crippen molar-refractivity contribution in [2.75, 3.05) is 6.61 Å². The number of imide groups is 1. The summed E-state index contributed by atoms with van der Waals surface area (Å²) in [5.41, 5.74) is -0.00485. The van der Waals surface area contributed by atoms with Gasteiger partial charge in [-0.2, -0.15) is 0 Å². The maximum Gasteiger partial charge on any atom is 0.310 e. The summed E-state index contributed by atoms with van der Waals surface area (Å²) >= 11 is 0. The van der Waals surface area contributed by atoms with Gasteiger partial charge in [0.2, 0.25) is 11.8 Å². The van der Waals surface area contributed by atoms with E-state index in [0.29, 0.717) is 0 Å². The van der Waals surface area contributed by atoms with Gasteiger partial charge in [-0.25, -0.2) is 0 Å². The lowest BCUT2D eigenvalue weighted by Gasteiger charge is -2.20. The number of hydrogen-bond acceptors (Lipinski definition) is 4. The van der Waals surface area contributed by atoms with Crippen molar-refractivity contribution in [1.82, 2.24) is 4.90 Å². The van der Waals surface area contributed by atoms with Crippen LogP contribution in [0.5, 0.6) is 0 Å². The van der Waals surface area contributed by atoms with E-state index in [1.807, 2.05) is 30.3 Å². The number of carbonyl (C=O) groups is 3. The van der Waals surface area contributed by atoms with Gasteiger partial charge in [-0.05, 0) is 19.4 Å². The number of piperidine rings is 1. The van der Waals surface area contributed by atoms with E-state index in [0.717, 1.165) is 5.56 Å². The topological polar surface area (TPSA) is 63.7 Å². The Bertz CT molecular complexity index is 612. The normalized spacial score (nSPS) is 30.3. The highest BCUT2D eigenvalue weighted by atomic mass is 16.5. The highest BCUT2D eigenvalue weighted by molar-refractivity contribution is 6.15. The Morgan fingerprint density at radius 1 is 1.29 bits per heavy atom. The van der Waals surface area contributed by atoms with Crippen molar-refractivity contribution in [3.05, 3.63) is 35.9 Å². The SMILES string of the molecule is CCOC(=O)C1C2C(=O)N(Cc3ccccc3)C(=O)[C@]12C. The Kier molecular flexibility index (Phi) is 3.08. The molecule has 2 aliphatic rings. The molecule has 1 saturated heterocycles. The summed E-state index contributed by atoms with van der Waals surface area (Å²) in [6.45, 7) is 3.92. The van der Waals surface area contributed by atoms with Gasteiger partial charge in [0.15, 0.2) is 0 Å². The molecular formula is C16H17NO4. The van der Waals surface area contributed by atoms with Gasteiger partial charge in [-0.15, -0.1) is 0 Å². The van der Waals surface area contributed by atoms with Crippen molar-refractivity contribution in [2.45, 2.75) is 20.4 Å². The lowest BCUT2D eigenvalue weighted by Crippen LogP contribution is -2.37. The summed E-state index contributed by atoms with van der Waals surface area (Å²) in [5, 5.41) is 0. The maximum absolute atomic E-state index is 12.5. The van der Waals surface area contributed by atoms with E-state index >= 15 is 0 Å². The van der Waals surface area contributed by atoms with E-state index in [-0.39, 0.29) is 25.0 Å². The Morgan fingerprint density at radius 2 is 1.95 bits per heavy atom. The zero-order valence-electron chi connectivity index (χ0n) is 12.0. The fourth-order valence-electron chi connectivity index (χ4n) is 3.27. The van der Waals surface area contributed by atoms with Crippen LogP contribution in [0, 0.1) is 17.3 Å². The summed E-state index contributed by atoms with van der Waals surface area (Å²) in [5.74, 6) is -2.12. The lowest BCUT2D eigenvalue weighted by molar-refractivity contribution is -0.153. The number of rotatable bonds is 4. The van der Waals surface area contributed by atoms with E-state index in [1.165, 1.54) is 4.90 Å². The molecule has 3 atom stereocenters. The van der Waals surface area contributed by atoms with Crippen LogP contribution in [0.4, 0.5) is 0 Å².